The lowest BCUT2D eigenvalue weighted by atomic mass is 10.0. The largest absolute Gasteiger partial charge is 0.493 e. The molecule has 3 heterocycles. The number of nitrogen functional groups attached to an aromatic ring is 1. The van der Waals surface area contributed by atoms with Crippen molar-refractivity contribution in [1.82, 2.24) is 9.97 Å². The smallest absolute Gasteiger partial charge is 0.231 e. The zero-order valence-corrected chi connectivity index (χ0v) is 16.6. The lowest BCUT2D eigenvalue weighted by molar-refractivity contribution is 0.355. The van der Waals surface area contributed by atoms with Crippen molar-refractivity contribution in [3.8, 4) is 28.8 Å². The fourth-order valence-electron chi connectivity index (χ4n) is 3.82. The second kappa shape index (κ2) is 6.78. The van der Waals surface area contributed by atoms with Gasteiger partial charge in [0, 0.05) is 28.1 Å². The van der Waals surface area contributed by atoms with Gasteiger partial charge >= 0.3 is 0 Å². The minimum atomic E-state index is -0.178. The molecule has 8 heteroatoms. The van der Waals surface area contributed by atoms with Crippen molar-refractivity contribution in [3.05, 3.63) is 58.3 Å². The summed E-state index contributed by atoms with van der Waals surface area (Å²) in [5, 5.41) is 11.9. The zero-order valence-electron chi connectivity index (χ0n) is 16.6. The molecule has 3 aromatic heterocycles. The van der Waals surface area contributed by atoms with Crippen LogP contribution >= 0.6 is 0 Å². The fourth-order valence-corrected chi connectivity index (χ4v) is 3.82. The summed E-state index contributed by atoms with van der Waals surface area (Å²) < 4.78 is 16.6. The predicted molar refractivity (Wildman–Crippen MR) is 117 cm³/mol. The van der Waals surface area contributed by atoms with Crippen LogP contribution in [0.1, 0.15) is 5.56 Å². The van der Waals surface area contributed by atoms with E-state index in [9.17, 15) is 10.1 Å². The predicted octanol–water partition coefficient (Wildman–Crippen LogP) is 3.96. The van der Waals surface area contributed by atoms with Gasteiger partial charge in [-0.3, -0.25) is 4.79 Å². The summed E-state index contributed by atoms with van der Waals surface area (Å²) in [7, 11) is 3.14. The Morgan fingerprint density at radius 1 is 1.06 bits per heavy atom. The Balaban J connectivity index is 1.95. The highest BCUT2D eigenvalue weighted by Crippen LogP contribution is 2.38. The van der Waals surface area contributed by atoms with Gasteiger partial charge in [-0.15, -0.1) is 0 Å². The molecule has 0 fully saturated rings. The maximum atomic E-state index is 11.9. The van der Waals surface area contributed by atoms with Crippen LogP contribution in [-0.4, -0.2) is 24.2 Å². The number of pyridine rings is 2. The highest BCUT2D eigenvalue weighted by molar-refractivity contribution is 6.18. The van der Waals surface area contributed by atoms with Gasteiger partial charge in [-0.25, -0.2) is 0 Å². The molecule has 0 amide bonds. The molecule has 5 aromatic rings. The number of nitrogens with one attached hydrogen (secondary N) is 1. The highest BCUT2D eigenvalue weighted by Gasteiger charge is 2.19. The minimum Gasteiger partial charge on any atom is -0.493 e. The second-order valence-corrected chi connectivity index (χ2v) is 6.97. The molecule has 0 aliphatic heterocycles. The van der Waals surface area contributed by atoms with Crippen LogP contribution in [0.3, 0.4) is 0 Å². The Morgan fingerprint density at radius 3 is 2.61 bits per heavy atom. The van der Waals surface area contributed by atoms with E-state index in [1.807, 2.05) is 18.2 Å². The van der Waals surface area contributed by atoms with Crippen molar-refractivity contribution in [2.45, 2.75) is 0 Å². The van der Waals surface area contributed by atoms with Crippen molar-refractivity contribution in [2.75, 3.05) is 20.0 Å². The Bertz CT molecular complexity index is 1610. The summed E-state index contributed by atoms with van der Waals surface area (Å²) in [6, 6.07) is 14.2. The van der Waals surface area contributed by atoms with E-state index in [1.54, 1.807) is 26.4 Å². The van der Waals surface area contributed by atoms with Gasteiger partial charge < -0.3 is 24.6 Å². The molecule has 3 N–H and O–H groups in total. The Labute approximate surface area is 175 Å². The van der Waals surface area contributed by atoms with E-state index >= 15 is 0 Å². The van der Waals surface area contributed by atoms with Crippen LogP contribution < -0.4 is 20.6 Å². The Hall–Kier alpha value is -4.51. The quantitative estimate of drug-likeness (QED) is 0.339. The van der Waals surface area contributed by atoms with E-state index in [0.29, 0.717) is 28.0 Å². The Kier molecular flexibility index (Phi) is 4.05. The van der Waals surface area contributed by atoms with Gasteiger partial charge in [-0.2, -0.15) is 10.2 Å². The van der Waals surface area contributed by atoms with E-state index in [1.165, 1.54) is 12.1 Å². The van der Waals surface area contributed by atoms with Gasteiger partial charge in [-0.1, -0.05) is 0 Å². The Morgan fingerprint density at radius 2 is 1.87 bits per heavy atom. The molecule has 0 aliphatic rings. The number of benzene rings is 2. The maximum absolute atomic E-state index is 11.9. The first-order valence-electron chi connectivity index (χ1n) is 9.35. The van der Waals surface area contributed by atoms with E-state index in [-0.39, 0.29) is 22.5 Å². The number of nitriles is 1. The molecule has 0 spiro atoms. The van der Waals surface area contributed by atoms with Crippen LogP contribution in [0.25, 0.3) is 44.2 Å². The second-order valence-electron chi connectivity index (χ2n) is 6.97. The van der Waals surface area contributed by atoms with Crippen LogP contribution in [0, 0.1) is 11.3 Å². The lowest BCUT2D eigenvalue weighted by Gasteiger charge is -2.14. The minimum absolute atomic E-state index is 0.0402. The molecule has 0 atom stereocenters. The number of hydrogen-bond acceptors (Lipinski definition) is 7. The van der Waals surface area contributed by atoms with E-state index in [4.69, 9.17) is 19.6 Å². The van der Waals surface area contributed by atoms with Gasteiger partial charge in [-0.05, 0) is 36.4 Å². The summed E-state index contributed by atoms with van der Waals surface area (Å²) in [6.07, 6.45) is 0. The number of H-pyrrole nitrogens is 1. The number of ether oxygens (including phenoxy) is 2. The fraction of sp³-hybridized carbons (Fsp3) is 0.0870. The normalized spacial score (nSPS) is 11.1. The van der Waals surface area contributed by atoms with Crippen LogP contribution in [0.4, 0.5) is 5.82 Å². The van der Waals surface area contributed by atoms with Crippen molar-refractivity contribution in [2.24, 2.45) is 0 Å². The van der Waals surface area contributed by atoms with Crippen molar-refractivity contribution in [1.29, 1.82) is 5.26 Å². The van der Waals surface area contributed by atoms with Crippen LogP contribution in [0.5, 0.6) is 11.5 Å². The lowest BCUT2D eigenvalue weighted by Crippen LogP contribution is -2.01. The molecular formula is C23H16N4O4. The standard InChI is InChI=1S/C23H16N4O4/c1-29-17-6-3-11(7-19(17)30-2)16-9-14-13-5-4-12(28)8-18(13)31-23-20(14)21(26-16)15(10-24)22(25)27-23/h3-9,26H,1-2H3,(H2,25,27). The molecule has 0 bridgehead atoms. The number of hydrogen-bond donors (Lipinski definition) is 2. The van der Waals surface area contributed by atoms with E-state index in [2.05, 4.69) is 16.0 Å². The molecular weight excluding hydrogens is 396 g/mol. The number of aromatic amines is 1. The third-order valence-corrected chi connectivity index (χ3v) is 5.27. The molecule has 0 aliphatic carbocycles. The topological polar surface area (TPSA) is 127 Å². The zero-order chi connectivity index (χ0) is 21.7. The van der Waals surface area contributed by atoms with Crippen LogP contribution in [0.15, 0.2) is 51.7 Å². The van der Waals surface area contributed by atoms with Gasteiger partial charge in [0.2, 0.25) is 5.71 Å². The SMILES string of the molecule is COc1ccc(-c2cc3c4ccc(=O)cc4oc4nc(N)c(C#N)c([nH]2)c43)cc1OC. The number of nitrogens with two attached hydrogens (primary N) is 1. The molecule has 0 saturated carbocycles. The first kappa shape index (κ1) is 18.5. The van der Waals surface area contributed by atoms with E-state index < -0.39 is 0 Å². The third-order valence-electron chi connectivity index (χ3n) is 5.27. The summed E-state index contributed by atoms with van der Waals surface area (Å²) in [4.78, 5) is 19.4. The van der Waals surface area contributed by atoms with Crippen molar-refractivity contribution in [3.63, 3.8) is 0 Å². The van der Waals surface area contributed by atoms with Gasteiger partial charge in [0.15, 0.2) is 16.9 Å². The molecule has 0 saturated heterocycles. The van der Waals surface area contributed by atoms with Gasteiger partial charge in [0.05, 0.1) is 25.1 Å². The number of fused-ring (bicyclic) bond motifs is 2. The highest BCUT2D eigenvalue weighted by atomic mass is 16.5. The van der Waals surface area contributed by atoms with Crippen LogP contribution in [-0.2, 0) is 0 Å². The number of anilines is 1. The third kappa shape index (κ3) is 2.75. The molecule has 8 nitrogen and oxygen atoms in total. The summed E-state index contributed by atoms with van der Waals surface area (Å²) >= 11 is 0. The average molecular weight is 412 g/mol. The molecule has 2 aromatic carbocycles. The molecule has 0 radical (unpaired) electrons. The maximum Gasteiger partial charge on any atom is 0.231 e. The summed E-state index contributed by atoms with van der Waals surface area (Å²) in [6.45, 7) is 0. The van der Waals surface area contributed by atoms with Gasteiger partial charge in [0.1, 0.15) is 23.0 Å². The summed E-state index contributed by atoms with van der Waals surface area (Å²) in [5.41, 5.74) is 8.75. The average Bonchev–Trinajstić information content (AvgIpc) is 2.78. The number of aromatic nitrogens is 2. The number of rotatable bonds is 3. The van der Waals surface area contributed by atoms with E-state index in [0.717, 1.165) is 22.0 Å². The molecule has 0 unspecified atom stereocenters. The molecule has 5 rings (SSSR count). The monoisotopic (exact) mass is 412 g/mol. The van der Waals surface area contributed by atoms with Gasteiger partial charge in [0.25, 0.3) is 0 Å². The van der Waals surface area contributed by atoms with Crippen molar-refractivity contribution >= 4 is 38.8 Å². The first-order chi connectivity index (χ1) is 15.0. The molecule has 152 valence electrons. The number of methoxy groups -OCH3 is 2. The molecule has 31 heavy (non-hydrogen) atoms. The number of nitrogens with zero attached hydrogens (tertiary/aromatic N) is 2. The summed E-state index contributed by atoms with van der Waals surface area (Å²) in [5.74, 6) is 1.21. The first-order valence-corrected chi connectivity index (χ1v) is 9.35. The van der Waals surface area contributed by atoms with Crippen molar-refractivity contribution < 1.29 is 13.9 Å². The van der Waals surface area contributed by atoms with Crippen LogP contribution in [0.2, 0.25) is 0 Å².